The maximum atomic E-state index is 13.5. The number of likely N-dealkylation sites (N-methyl/N-ethyl adjacent to an activating group) is 1. The van der Waals surface area contributed by atoms with Gasteiger partial charge in [0.2, 0.25) is 10.0 Å². The lowest BCUT2D eigenvalue weighted by Gasteiger charge is -2.41. The Hall–Kier alpha value is -0.690. The van der Waals surface area contributed by atoms with Crippen molar-refractivity contribution in [3.05, 3.63) is 29.6 Å². The average Bonchev–Trinajstić information content (AvgIpc) is 2.44. The molecule has 0 aromatic heterocycles. The molecule has 0 saturated carbocycles. The lowest BCUT2D eigenvalue weighted by Crippen LogP contribution is -2.56. The van der Waals surface area contributed by atoms with Gasteiger partial charge in [-0.05, 0) is 39.1 Å². The van der Waals surface area contributed by atoms with Gasteiger partial charge < -0.3 is 0 Å². The molecule has 0 aliphatic carbocycles. The lowest BCUT2D eigenvalue weighted by atomic mass is 10.1. The molecule has 0 spiro atoms. The van der Waals surface area contributed by atoms with Gasteiger partial charge in [0.05, 0.1) is 10.8 Å². The highest BCUT2D eigenvalue weighted by Gasteiger charge is 2.34. The fourth-order valence-electron chi connectivity index (χ4n) is 2.52. The SMILES string of the molecule is CC1CN(S(=O)(=O)c2ccc(F)c(CCl)c2)CC(C)N1C. The van der Waals surface area contributed by atoms with Crippen LogP contribution in [0.15, 0.2) is 23.1 Å². The first kappa shape index (κ1) is 16.7. The van der Waals surface area contributed by atoms with E-state index in [9.17, 15) is 12.8 Å². The second-order valence-corrected chi connectivity index (χ2v) is 7.78. The van der Waals surface area contributed by atoms with E-state index in [1.54, 1.807) is 0 Å². The van der Waals surface area contributed by atoms with Crippen molar-refractivity contribution in [2.45, 2.75) is 36.7 Å². The van der Waals surface area contributed by atoms with Crippen molar-refractivity contribution >= 4 is 21.6 Å². The molecule has 1 aromatic rings. The highest BCUT2D eigenvalue weighted by Crippen LogP contribution is 2.24. The molecular weight excluding hydrogens is 315 g/mol. The predicted molar refractivity (Wildman–Crippen MR) is 81.4 cm³/mol. The number of alkyl halides is 1. The summed E-state index contributed by atoms with van der Waals surface area (Å²) < 4.78 is 40.4. The molecule has 21 heavy (non-hydrogen) atoms. The van der Waals surface area contributed by atoms with Crippen molar-refractivity contribution in [2.75, 3.05) is 20.1 Å². The summed E-state index contributed by atoms with van der Waals surface area (Å²) >= 11 is 5.65. The van der Waals surface area contributed by atoms with Crippen molar-refractivity contribution in [3.8, 4) is 0 Å². The average molecular weight is 335 g/mol. The van der Waals surface area contributed by atoms with Gasteiger partial charge in [0, 0.05) is 30.7 Å². The van der Waals surface area contributed by atoms with Crippen LogP contribution in [0.5, 0.6) is 0 Å². The Morgan fingerprint density at radius 2 is 1.86 bits per heavy atom. The first-order valence-corrected chi connectivity index (χ1v) is 8.81. The summed E-state index contributed by atoms with van der Waals surface area (Å²) in [7, 11) is -1.63. The molecule has 0 radical (unpaired) electrons. The molecule has 0 bridgehead atoms. The monoisotopic (exact) mass is 334 g/mol. The van der Waals surface area contributed by atoms with Crippen molar-refractivity contribution in [1.29, 1.82) is 0 Å². The van der Waals surface area contributed by atoms with E-state index in [4.69, 9.17) is 11.6 Å². The first-order valence-electron chi connectivity index (χ1n) is 6.84. The normalized spacial score (nSPS) is 25.2. The largest absolute Gasteiger partial charge is 0.298 e. The first-order chi connectivity index (χ1) is 9.77. The molecule has 2 rings (SSSR count). The minimum atomic E-state index is -3.62. The van der Waals surface area contributed by atoms with Gasteiger partial charge in [-0.25, -0.2) is 12.8 Å². The minimum Gasteiger partial charge on any atom is -0.298 e. The fourth-order valence-corrected chi connectivity index (χ4v) is 4.37. The molecule has 2 atom stereocenters. The Kier molecular flexibility index (Phi) is 4.92. The Morgan fingerprint density at radius 3 is 2.38 bits per heavy atom. The van der Waals surface area contributed by atoms with Gasteiger partial charge in [0.15, 0.2) is 0 Å². The number of piperazine rings is 1. The Morgan fingerprint density at radius 1 is 1.29 bits per heavy atom. The van der Waals surface area contributed by atoms with Crippen LogP contribution in [0.4, 0.5) is 4.39 Å². The van der Waals surface area contributed by atoms with E-state index in [2.05, 4.69) is 4.90 Å². The van der Waals surface area contributed by atoms with Crippen molar-refractivity contribution < 1.29 is 12.8 Å². The van der Waals surface area contributed by atoms with Gasteiger partial charge in [-0.1, -0.05) is 0 Å². The predicted octanol–water partition coefficient (Wildman–Crippen LogP) is 2.28. The molecule has 1 aromatic carbocycles. The zero-order chi connectivity index (χ0) is 15.8. The van der Waals surface area contributed by atoms with Crippen molar-refractivity contribution in [2.24, 2.45) is 0 Å². The lowest BCUT2D eigenvalue weighted by molar-refractivity contribution is 0.105. The second kappa shape index (κ2) is 6.20. The molecule has 2 unspecified atom stereocenters. The zero-order valence-corrected chi connectivity index (χ0v) is 14.0. The summed E-state index contributed by atoms with van der Waals surface area (Å²) in [6, 6.07) is 4.06. The highest BCUT2D eigenvalue weighted by molar-refractivity contribution is 7.89. The molecule has 1 aliphatic heterocycles. The molecule has 0 amide bonds. The molecule has 1 saturated heterocycles. The second-order valence-electron chi connectivity index (χ2n) is 5.57. The summed E-state index contributed by atoms with van der Waals surface area (Å²) in [5.41, 5.74) is 0.202. The maximum absolute atomic E-state index is 13.5. The quantitative estimate of drug-likeness (QED) is 0.796. The van der Waals surface area contributed by atoms with Gasteiger partial charge in [0.1, 0.15) is 5.82 Å². The van der Waals surface area contributed by atoms with Crippen LogP contribution in [-0.4, -0.2) is 49.8 Å². The Bertz CT molecular complexity index is 611. The van der Waals surface area contributed by atoms with Gasteiger partial charge in [0.25, 0.3) is 0 Å². The third kappa shape index (κ3) is 3.23. The third-order valence-electron chi connectivity index (χ3n) is 4.13. The third-order valence-corrected chi connectivity index (χ3v) is 6.24. The molecule has 4 nitrogen and oxygen atoms in total. The van der Waals surface area contributed by atoms with E-state index in [-0.39, 0.29) is 28.4 Å². The van der Waals surface area contributed by atoms with Gasteiger partial charge in [-0.3, -0.25) is 4.90 Å². The zero-order valence-electron chi connectivity index (χ0n) is 12.4. The summed E-state index contributed by atoms with van der Waals surface area (Å²) in [5.74, 6) is -0.533. The van der Waals surface area contributed by atoms with Crippen LogP contribution in [0, 0.1) is 5.82 Å². The van der Waals surface area contributed by atoms with Crippen LogP contribution in [0.3, 0.4) is 0 Å². The summed E-state index contributed by atoms with van der Waals surface area (Å²) in [5, 5.41) is 0. The number of benzene rings is 1. The maximum Gasteiger partial charge on any atom is 0.243 e. The fraction of sp³-hybridized carbons (Fsp3) is 0.571. The Labute approximate surface area is 130 Å². The molecule has 0 N–H and O–H groups in total. The molecule has 1 aliphatic rings. The molecular formula is C14H20ClFN2O2S. The van der Waals surface area contributed by atoms with Crippen LogP contribution in [0.1, 0.15) is 19.4 Å². The van der Waals surface area contributed by atoms with Gasteiger partial charge >= 0.3 is 0 Å². The number of halogens is 2. The number of hydrogen-bond acceptors (Lipinski definition) is 3. The van der Waals surface area contributed by atoms with E-state index >= 15 is 0 Å². The van der Waals surface area contributed by atoms with Crippen LogP contribution >= 0.6 is 11.6 Å². The van der Waals surface area contributed by atoms with Crippen LogP contribution in [0.25, 0.3) is 0 Å². The van der Waals surface area contributed by atoms with E-state index in [1.165, 1.54) is 16.4 Å². The number of sulfonamides is 1. The smallest absolute Gasteiger partial charge is 0.243 e. The highest BCUT2D eigenvalue weighted by atomic mass is 35.5. The van der Waals surface area contributed by atoms with E-state index < -0.39 is 15.8 Å². The Balaban J connectivity index is 2.34. The van der Waals surface area contributed by atoms with Gasteiger partial charge in [-0.2, -0.15) is 4.31 Å². The number of hydrogen-bond donors (Lipinski definition) is 0. The van der Waals surface area contributed by atoms with Crippen LogP contribution < -0.4 is 0 Å². The summed E-state index contributed by atoms with van der Waals surface area (Å²) in [4.78, 5) is 2.25. The molecule has 118 valence electrons. The van der Waals surface area contributed by atoms with Crippen molar-refractivity contribution in [1.82, 2.24) is 9.21 Å². The van der Waals surface area contributed by atoms with E-state index in [0.717, 1.165) is 6.07 Å². The van der Waals surface area contributed by atoms with Crippen LogP contribution in [-0.2, 0) is 15.9 Å². The standard InChI is InChI=1S/C14H20ClFN2O2S/c1-10-8-18(9-11(2)17(10)3)21(19,20)13-4-5-14(16)12(6-13)7-15/h4-6,10-11H,7-9H2,1-3H3. The van der Waals surface area contributed by atoms with E-state index in [0.29, 0.717) is 13.1 Å². The molecule has 7 heteroatoms. The summed E-state index contributed by atoms with van der Waals surface area (Å²) in [6.45, 7) is 4.84. The number of nitrogens with zero attached hydrogens (tertiary/aromatic N) is 2. The topological polar surface area (TPSA) is 40.6 Å². The van der Waals surface area contributed by atoms with Gasteiger partial charge in [-0.15, -0.1) is 11.6 Å². The molecule has 1 heterocycles. The van der Waals surface area contributed by atoms with Crippen LogP contribution in [0.2, 0.25) is 0 Å². The molecule has 1 fully saturated rings. The number of rotatable bonds is 3. The summed E-state index contributed by atoms with van der Waals surface area (Å²) in [6.07, 6.45) is 0. The minimum absolute atomic E-state index is 0.0509. The van der Waals surface area contributed by atoms with Crippen molar-refractivity contribution in [3.63, 3.8) is 0 Å². The van der Waals surface area contributed by atoms with E-state index in [1.807, 2.05) is 20.9 Å².